The van der Waals surface area contributed by atoms with Crippen molar-refractivity contribution in [3.63, 3.8) is 0 Å². The summed E-state index contributed by atoms with van der Waals surface area (Å²) in [5.41, 5.74) is -7.28. The van der Waals surface area contributed by atoms with Crippen LogP contribution in [0.2, 0.25) is 0 Å². The van der Waals surface area contributed by atoms with Crippen molar-refractivity contribution in [2.75, 3.05) is 19.4 Å². The molecule has 1 saturated carbocycles. The summed E-state index contributed by atoms with van der Waals surface area (Å²) in [6.45, 7) is -0.306. The second-order valence-corrected chi connectivity index (χ2v) is 10.7. The van der Waals surface area contributed by atoms with Gasteiger partial charge in [0, 0.05) is 17.7 Å². The maximum absolute atomic E-state index is 13.3. The van der Waals surface area contributed by atoms with E-state index < -0.39 is 70.8 Å². The highest BCUT2D eigenvalue weighted by molar-refractivity contribution is 5.89. The zero-order valence-corrected chi connectivity index (χ0v) is 22.0. The average Bonchev–Trinajstić information content (AvgIpc) is 2.81. The van der Waals surface area contributed by atoms with Gasteiger partial charge in [0.15, 0.2) is 0 Å². The third kappa shape index (κ3) is 8.44. The van der Waals surface area contributed by atoms with Gasteiger partial charge in [0.25, 0.3) is 0 Å². The fraction of sp³-hybridized carbons (Fsp3) is 0.500. The fourth-order valence-corrected chi connectivity index (χ4v) is 5.18. The summed E-state index contributed by atoms with van der Waals surface area (Å²) in [5.74, 6) is 0. The molecule has 234 valence electrons. The van der Waals surface area contributed by atoms with Crippen LogP contribution in [0.5, 0.6) is 0 Å². The molecule has 3 rings (SSSR count). The third-order valence-corrected chi connectivity index (χ3v) is 7.03. The molecule has 2 aromatic rings. The van der Waals surface area contributed by atoms with Gasteiger partial charge in [-0.25, -0.2) is 4.79 Å². The molecule has 42 heavy (non-hydrogen) atoms. The largest absolute Gasteiger partial charge is 0.416 e. The number of halogens is 12. The zero-order chi connectivity index (χ0) is 31.9. The van der Waals surface area contributed by atoms with Crippen LogP contribution in [0, 0.1) is 0 Å². The van der Waals surface area contributed by atoms with Gasteiger partial charge in [-0.05, 0) is 49.2 Å². The smallest absolute Gasteiger partial charge is 0.329 e. The van der Waals surface area contributed by atoms with E-state index in [9.17, 15) is 57.5 Å². The number of amides is 2. The summed E-state index contributed by atoms with van der Waals surface area (Å²) >= 11 is 0. The Bertz CT molecular complexity index is 1210. The lowest BCUT2D eigenvalue weighted by Gasteiger charge is -2.44. The molecule has 0 radical (unpaired) electrons. The second kappa shape index (κ2) is 11.5. The number of nitrogens with one attached hydrogen (secondary N) is 2. The maximum atomic E-state index is 13.3. The maximum Gasteiger partial charge on any atom is 0.416 e. The fourth-order valence-electron chi connectivity index (χ4n) is 5.18. The van der Waals surface area contributed by atoms with Crippen molar-refractivity contribution in [2.24, 2.45) is 0 Å². The molecule has 1 aliphatic rings. The molecule has 2 amide bonds. The summed E-state index contributed by atoms with van der Waals surface area (Å²) < 4.78 is 159. The Morgan fingerprint density at radius 2 is 1.10 bits per heavy atom. The first-order valence-corrected chi connectivity index (χ1v) is 12.4. The standard InChI is InChI=1S/C26H25F12N3O/c1-41(2,13-14-7-15(23(27,28)29)9-16(8-14)24(30,31)32)21-6-4-3-5-20(21)40-22(42)39-19-11-17(25(33,34)35)10-18(12-19)26(36,37)38/h7-12,20-21H,3-6,13H2,1-2H3,(H-,39,40,42)/p+1/t20-,21-/m1/s1. The van der Waals surface area contributed by atoms with Crippen molar-refractivity contribution in [3.05, 3.63) is 64.2 Å². The number of hydrogen-bond acceptors (Lipinski definition) is 1. The van der Waals surface area contributed by atoms with Gasteiger partial charge >= 0.3 is 30.7 Å². The Morgan fingerprint density at radius 3 is 1.52 bits per heavy atom. The highest BCUT2D eigenvalue weighted by Gasteiger charge is 2.42. The molecular weight excluding hydrogens is 598 g/mol. The number of carbonyl (C=O) groups excluding carboxylic acids is 1. The van der Waals surface area contributed by atoms with Crippen LogP contribution < -0.4 is 10.6 Å². The van der Waals surface area contributed by atoms with E-state index in [4.69, 9.17) is 0 Å². The van der Waals surface area contributed by atoms with E-state index in [1.165, 1.54) is 0 Å². The SMILES string of the molecule is C[N+](C)(Cc1cc(C(F)(F)F)cc(C(F)(F)F)c1)[C@@H]1CCCC[C@H]1NC(=O)Nc1cc(C(F)(F)F)cc(C(F)(F)F)c1. The van der Waals surface area contributed by atoms with Gasteiger partial charge in [0.05, 0.1) is 42.4 Å². The number of urea groups is 1. The van der Waals surface area contributed by atoms with E-state index in [1.807, 2.05) is 5.32 Å². The van der Waals surface area contributed by atoms with Gasteiger partial charge in [0.2, 0.25) is 0 Å². The van der Waals surface area contributed by atoms with Crippen molar-refractivity contribution >= 4 is 11.7 Å². The number of benzene rings is 2. The Morgan fingerprint density at radius 1 is 0.690 bits per heavy atom. The van der Waals surface area contributed by atoms with Crippen LogP contribution in [0.4, 0.5) is 63.2 Å². The Labute approximate surface area is 232 Å². The van der Waals surface area contributed by atoms with Crippen molar-refractivity contribution in [1.82, 2.24) is 5.32 Å². The topological polar surface area (TPSA) is 41.1 Å². The molecular formula is C26H26F12N3O+. The lowest BCUT2D eigenvalue weighted by atomic mass is 9.87. The second-order valence-electron chi connectivity index (χ2n) is 10.7. The minimum atomic E-state index is -5.14. The van der Waals surface area contributed by atoms with Gasteiger partial charge in [-0.15, -0.1) is 0 Å². The summed E-state index contributed by atoms with van der Waals surface area (Å²) in [6, 6.07) is -0.654. The number of likely N-dealkylation sites (N-methyl/N-ethyl adjacent to an activating group) is 1. The molecule has 0 heterocycles. The van der Waals surface area contributed by atoms with Crippen LogP contribution >= 0.6 is 0 Å². The first-order valence-electron chi connectivity index (χ1n) is 12.4. The van der Waals surface area contributed by atoms with Crippen LogP contribution in [0.1, 0.15) is 53.5 Å². The van der Waals surface area contributed by atoms with Gasteiger partial charge in [-0.2, -0.15) is 52.7 Å². The molecule has 0 unspecified atom stereocenters. The van der Waals surface area contributed by atoms with Crippen molar-refractivity contribution in [3.8, 4) is 0 Å². The van der Waals surface area contributed by atoms with Crippen LogP contribution in [0.25, 0.3) is 0 Å². The van der Waals surface area contributed by atoms with E-state index in [0.29, 0.717) is 49.9 Å². The quantitative estimate of drug-likeness (QED) is 0.254. The summed E-state index contributed by atoms with van der Waals surface area (Å²) in [7, 11) is 3.08. The first kappa shape index (κ1) is 33.3. The lowest BCUT2D eigenvalue weighted by Crippen LogP contribution is -2.60. The first-order chi connectivity index (χ1) is 19.0. The molecule has 0 aromatic heterocycles. The molecule has 0 saturated heterocycles. The Balaban J connectivity index is 1.85. The highest BCUT2D eigenvalue weighted by Crippen LogP contribution is 2.39. The molecule has 1 aliphatic carbocycles. The monoisotopic (exact) mass is 624 g/mol. The van der Waals surface area contributed by atoms with E-state index in [-0.39, 0.29) is 28.7 Å². The molecule has 1 fully saturated rings. The number of anilines is 1. The summed E-state index contributed by atoms with van der Waals surface area (Å²) in [6.07, 6.45) is -18.5. The van der Waals surface area contributed by atoms with E-state index in [1.54, 1.807) is 14.1 Å². The highest BCUT2D eigenvalue weighted by atomic mass is 19.4. The van der Waals surface area contributed by atoms with Crippen LogP contribution in [-0.4, -0.2) is 36.7 Å². The number of rotatable bonds is 5. The van der Waals surface area contributed by atoms with Crippen LogP contribution in [-0.2, 0) is 31.2 Å². The third-order valence-electron chi connectivity index (χ3n) is 7.03. The number of carbonyl (C=O) groups is 1. The molecule has 0 spiro atoms. The Kier molecular flexibility index (Phi) is 9.12. The number of hydrogen-bond donors (Lipinski definition) is 2. The number of nitrogens with zero attached hydrogens (tertiary/aromatic N) is 1. The average molecular weight is 624 g/mol. The predicted octanol–water partition coefficient (Wildman–Crippen LogP) is 8.47. The molecule has 2 atom stereocenters. The predicted molar refractivity (Wildman–Crippen MR) is 127 cm³/mol. The molecule has 0 bridgehead atoms. The zero-order valence-electron chi connectivity index (χ0n) is 22.0. The van der Waals surface area contributed by atoms with Gasteiger partial charge in [-0.1, -0.05) is 6.42 Å². The van der Waals surface area contributed by atoms with E-state index in [0.717, 1.165) is 0 Å². The minimum absolute atomic E-state index is 0.0107. The molecule has 2 N–H and O–H groups in total. The molecule has 4 nitrogen and oxygen atoms in total. The van der Waals surface area contributed by atoms with Crippen molar-refractivity contribution in [1.29, 1.82) is 0 Å². The summed E-state index contributed by atoms with van der Waals surface area (Å²) in [5, 5.41) is 4.49. The van der Waals surface area contributed by atoms with Crippen LogP contribution in [0.15, 0.2) is 36.4 Å². The molecule has 0 aliphatic heterocycles. The molecule has 16 heteroatoms. The number of alkyl halides is 12. The van der Waals surface area contributed by atoms with Gasteiger partial charge in [-0.3, -0.25) is 0 Å². The number of quaternary nitrogens is 1. The van der Waals surface area contributed by atoms with E-state index in [2.05, 4.69) is 5.32 Å². The lowest BCUT2D eigenvalue weighted by molar-refractivity contribution is -0.930. The minimum Gasteiger partial charge on any atom is -0.329 e. The van der Waals surface area contributed by atoms with Crippen molar-refractivity contribution < 1.29 is 62.0 Å². The van der Waals surface area contributed by atoms with Gasteiger partial charge in [0.1, 0.15) is 12.6 Å². The Hall–Kier alpha value is -3.17. The van der Waals surface area contributed by atoms with Gasteiger partial charge < -0.3 is 15.1 Å². The van der Waals surface area contributed by atoms with Crippen molar-refractivity contribution in [2.45, 2.75) is 69.0 Å². The van der Waals surface area contributed by atoms with Crippen LogP contribution in [0.3, 0.4) is 0 Å². The van der Waals surface area contributed by atoms with E-state index >= 15 is 0 Å². The summed E-state index contributed by atoms with van der Waals surface area (Å²) in [4.78, 5) is 12.7. The normalized spacial score (nSPS) is 19.0. The molecule has 2 aromatic carbocycles.